The third-order valence-corrected chi connectivity index (χ3v) is 5.07. The predicted molar refractivity (Wildman–Crippen MR) is 95.1 cm³/mol. The second-order valence-corrected chi connectivity index (χ2v) is 9.69. The van der Waals surface area contributed by atoms with Gasteiger partial charge in [0.25, 0.3) is 0 Å². The summed E-state index contributed by atoms with van der Waals surface area (Å²) in [5.74, 6) is -1.63. The molecule has 1 fully saturated rings. The number of rotatable bonds is 7. The number of esters is 1. The van der Waals surface area contributed by atoms with Crippen LogP contribution in [0.15, 0.2) is 18.2 Å². The van der Waals surface area contributed by atoms with Gasteiger partial charge in [0.1, 0.15) is 11.4 Å². The number of sulfone groups is 1. The van der Waals surface area contributed by atoms with E-state index in [0.29, 0.717) is 12.5 Å². The van der Waals surface area contributed by atoms with Gasteiger partial charge in [0.2, 0.25) is 0 Å². The first-order valence-electron chi connectivity index (χ1n) is 8.30. The fourth-order valence-corrected chi connectivity index (χ4v) is 3.44. The van der Waals surface area contributed by atoms with Crippen molar-refractivity contribution in [2.75, 3.05) is 12.9 Å². The van der Waals surface area contributed by atoms with Crippen LogP contribution >= 0.6 is 0 Å². The zero-order chi connectivity index (χ0) is 19.7. The van der Waals surface area contributed by atoms with Crippen LogP contribution in [-0.4, -0.2) is 43.9 Å². The molecule has 0 radical (unpaired) electrons. The Hall–Kier alpha value is -2.09. The quantitative estimate of drug-likeness (QED) is 0.720. The lowest BCUT2D eigenvalue weighted by molar-refractivity contribution is -0.154. The van der Waals surface area contributed by atoms with Gasteiger partial charge in [-0.05, 0) is 51.7 Å². The Labute approximate surface area is 153 Å². The summed E-state index contributed by atoms with van der Waals surface area (Å²) >= 11 is 0. The molecule has 1 aliphatic carbocycles. The Morgan fingerprint density at radius 1 is 1.27 bits per heavy atom. The van der Waals surface area contributed by atoms with Crippen molar-refractivity contribution < 1.29 is 32.6 Å². The molecule has 0 aliphatic heterocycles. The molecule has 1 saturated carbocycles. The van der Waals surface area contributed by atoms with Crippen molar-refractivity contribution in [2.24, 2.45) is 5.92 Å². The van der Waals surface area contributed by atoms with E-state index in [1.165, 1.54) is 18.2 Å². The van der Waals surface area contributed by atoms with E-state index >= 15 is 0 Å². The van der Waals surface area contributed by atoms with Crippen LogP contribution in [0.3, 0.4) is 0 Å². The van der Waals surface area contributed by atoms with E-state index in [9.17, 15) is 23.1 Å². The van der Waals surface area contributed by atoms with Crippen LogP contribution in [-0.2, 0) is 19.4 Å². The van der Waals surface area contributed by atoms with Crippen molar-refractivity contribution in [2.45, 2.75) is 44.5 Å². The average molecular weight is 384 g/mol. The maximum Gasteiger partial charge on any atom is 0.335 e. The van der Waals surface area contributed by atoms with E-state index in [4.69, 9.17) is 9.47 Å². The molecule has 0 bridgehead atoms. The Bertz CT molecular complexity index is 801. The van der Waals surface area contributed by atoms with Gasteiger partial charge in [0.05, 0.1) is 12.2 Å². The third kappa shape index (κ3) is 5.45. The van der Waals surface area contributed by atoms with Crippen LogP contribution in [0, 0.1) is 5.92 Å². The molecule has 1 atom stereocenters. The summed E-state index contributed by atoms with van der Waals surface area (Å²) in [4.78, 5) is 23.8. The molecule has 0 amide bonds. The number of carboxylic acids is 1. The van der Waals surface area contributed by atoms with Crippen LogP contribution in [0.5, 0.6) is 5.75 Å². The number of hydrogen-bond donors (Lipinski definition) is 1. The monoisotopic (exact) mass is 384 g/mol. The van der Waals surface area contributed by atoms with Crippen molar-refractivity contribution >= 4 is 21.8 Å². The third-order valence-electron chi connectivity index (χ3n) is 3.76. The highest BCUT2D eigenvalue weighted by Crippen LogP contribution is 2.36. The lowest BCUT2D eigenvalue weighted by atomic mass is 10.1. The Kier molecular flexibility index (Phi) is 5.65. The van der Waals surface area contributed by atoms with Crippen LogP contribution in [0.25, 0.3) is 0 Å². The Balaban J connectivity index is 2.47. The van der Waals surface area contributed by atoms with Crippen LogP contribution in [0.2, 0.25) is 0 Å². The molecule has 0 aromatic heterocycles. The van der Waals surface area contributed by atoms with Crippen molar-refractivity contribution in [3.05, 3.63) is 29.3 Å². The van der Waals surface area contributed by atoms with Gasteiger partial charge in [-0.1, -0.05) is 6.07 Å². The minimum atomic E-state index is -3.87. The molecule has 0 heterocycles. The molecule has 1 unspecified atom stereocenters. The predicted octanol–water partition coefficient (Wildman–Crippen LogP) is 2.60. The normalized spacial score (nSPS) is 16.0. The zero-order valence-corrected chi connectivity index (χ0v) is 16.1. The summed E-state index contributed by atoms with van der Waals surface area (Å²) in [7, 11) is -3.87. The second kappa shape index (κ2) is 7.26. The summed E-state index contributed by atoms with van der Waals surface area (Å²) in [6, 6.07) is 3.81. The highest BCUT2D eigenvalue weighted by Gasteiger charge is 2.37. The zero-order valence-electron chi connectivity index (χ0n) is 15.3. The minimum Gasteiger partial charge on any atom is -0.493 e. The topological polar surface area (TPSA) is 107 Å². The summed E-state index contributed by atoms with van der Waals surface area (Å²) in [5.41, 5.74) is -0.820. The van der Waals surface area contributed by atoms with Crippen molar-refractivity contribution in [3.63, 3.8) is 0 Å². The lowest BCUT2D eigenvalue weighted by Gasteiger charge is -2.24. The van der Waals surface area contributed by atoms with Crippen molar-refractivity contribution in [1.29, 1.82) is 0 Å². The van der Waals surface area contributed by atoms with Crippen molar-refractivity contribution in [3.8, 4) is 5.75 Å². The molecule has 1 aromatic rings. The van der Waals surface area contributed by atoms with Crippen molar-refractivity contribution in [1.82, 2.24) is 0 Å². The summed E-state index contributed by atoms with van der Waals surface area (Å²) in [5, 5.41) is 7.60. The van der Waals surface area contributed by atoms with Gasteiger partial charge in [-0.2, -0.15) is 0 Å². The number of carboxylic acid groups (broad SMARTS) is 1. The van der Waals surface area contributed by atoms with E-state index in [0.717, 1.165) is 19.1 Å². The molecule has 144 valence electrons. The number of hydrogen-bond acceptors (Lipinski definition) is 6. The van der Waals surface area contributed by atoms with Gasteiger partial charge < -0.3 is 14.6 Å². The van der Waals surface area contributed by atoms with Gasteiger partial charge in [-0.3, -0.25) is 4.79 Å². The molecule has 0 spiro atoms. The number of aromatic carboxylic acids is 1. The summed E-state index contributed by atoms with van der Waals surface area (Å²) < 4.78 is 35.6. The highest BCUT2D eigenvalue weighted by molar-refractivity contribution is 7.91. The van der Waals surface area contributed by atoms with Gasteiger partial charge in [-0.25, -0.2) is 13.2 Å². The molecule has 8 heteroatoms. The first-order valence-corrected chi connectivity index (χ1v) is 10.3. The molecule has 1 N–H and O–H groups in total. The van der Waals surface area contributed by atoms with Gasteiger partial charge in [-0.15, -0.1) is 0 Å². The van der Waals surface area contributed by atoms with Crippen LogP contribution < -0.4 is 4.74 Å². The summed E-state index contributed by atoms with van der Waals surface area (Å²) in [6.45, 7) is 5.27. The number of carbonyl (C=O) groups is 2. The van der Waals surface area contributed by atoms with Crippen LogP contribution in [0.4, 0.5) is 0 Å². The fraction of sp³-hybridized carbons (Fsp3) is 0.556. The first kappa shape index (κ1) is 20.2. The summed E-state index contributed by atoms with van der Waals surface area (Å²) in [6.07, 6.45) is 2.96. The van der Waals surface area contributed by atoms with Gasteiger partial charge in [0.15, 0.2) is 15.1 Å². The van der Waals surface area contributed by atoms with E-state index in [1.807, 2.05) is 0 Å². The largest absolute Gasteiger partial charge is 0.493 e. The average Bonchev–Trinajstić information content (AvgIpc) is 3.26. The molecule has 26 heavy (non-hydrogen) atoms. The maximum atomic E-state index is 12.6. The first-order chi connectivity index (χ1) is 11.9. The van der Waals surface area contributed by atoms with E-state index in [2.05, 4.69) is 0 Å². The molecule has 1 aliphatic rings. The van der Waals surface area contributed by atoms with E-state index in [-0.39, 0.29) is 16.9 Å². The fourth-order valence-electron chi connectivity index (χ4n) is 2.39. The second-order valence-electron chi connectivity index (χ2n) is 7.56. The van der Waals surface area contributed by atoms with Crippen LogP contribution in [0.1, 0.15) is 54.8 Å². The standard InChI is InChI=1S/C18H24O7S/c1-18(2,3)25-17(21)15(26(4,22)23)13-8-7-12(16(19)20)9-14(13)24-10-11-5-6-11/h7-9,11,15H,5-6,10H2,1-4H3,(H,19,20). The molecular weight excluding hydrogens is 360 g/mol. The SMILES string of the molecule is CC(C)(C)OC(=O)C(c1ccc(C(=O)O)cc1OCC1CC1)S(C)(=O)=O. The van der Waals surface area contributed by atoms with Gasteiger partial charge >= 0.3 is 11.9 Å². The molecule has 1 aromatic carbocycles. The van der Waals surface area contributed by atoms with E-state index < -0.39 is 32.6 Å². The number of ether oxygens (including phenoxy) is 2. The number of carbonyl (C=O) groups excluding carboxylic acids is 1. The maximum absolute atomic E-state index is 12.6. The van der Waals surface area contributed by atoms with E-state index in [1.54, 1.807) is 20.8 Å². The molecule has 7 nitrogen and oxygen atoms in total. The Morgan fingerprint density at radius 2 is 1.88 bits per heavy atom. The molecule has 0 saturated heterocycles. The number of benzene rings is 1. The minimum absolute atomic E-state index is 0.0454. The van der Waals surface area contributed by atoms with Gasteiger partial charge in [0, 0.05) is 11.8 Å². The lowest BCUT2D eigenvalue weighted by Crippen LogP contribution is -2.31. The highest BCUT2D eigenvalue weighted by atomic mass is 32.2. The Morgan fingerprint density at radius 3 is 2.35 bits per heavy atom. The molecule has 2 rings (SSSR count). The smallest absolute Gasteiger partial charge is 0.335 e. The molecular formula is C18H24O7S.